The van der Waals surface area contributed by atoms with Crippen LogP contribution in [0.3, 0.4) is 0 Å². The minimum absolute atomic E-state index is 0.591. The van der Waals surface area contributed by atoms with E-state index in [2.05, 4.69) is 39.0 Å². The van der Waals surface area contributed by atoms with E-state index in [0.717, 1.165) is 58.0 Å². The maximum Gasteiger partial charge on any atom is 0.113 e. The Morgan fingerprint density at radius 2 is 1.87 bits per heavy atom. The summed E-state index contributed by atoms with van der Waals surface area (Å²) in [7, 11) is 0. The van der Waals surface area contributed by atoms with Gasteiger partial charge in [0.2, 0.25) is 0 Å². The van der Waals surface area contributed by atoms with E-state index in [9.17, 15) is 0 Å². The van der Waals surface area contributed by atoms with Crippen LogP contribution in [0, 0.1) is 0 Å². The summed E-state index contributed by atoms with van der Waals surface area (Å²) in [5, 5.41) is 3.46. The fraction of sp³-hybridized carbons (Fsp3) is 0.611. The first-order valence-corrected chi connectivity index (χ1v) is 8.88. The highest BCUT2D eigenvalue weighted by atomic mass is 16.5. The van der Waals surface area contributed by atoms with Crippen LogP contribution in [0.25, 0.3) is 11.0 Å². The van der Waals surface area contributed by atoms with E-state index in [1.165, 1.54) is 24.2 Å². The number of morpholine rings is 1. The molecule has 0 radical (unpaired) electrons. The van der Waals surface area contributed by atoms with Crippen LogP contribution in [-0.2, 0) is 11.3 Å². The molecule has 4 rings (SSSR count). The number of aromatic nitrogens is 2. The second-order valence-corrected chi connectivity index (χ2v) is 6.59. The summed E-state index contributed by atoms with van der Waals surface area (Å²) in [5.41, 5.74) is 2.43. The first-order chi connectivity index (χ1) is 11.4. The number of para-hydroxylation sites is 2. The number of fused-ring (bicyclic) bond motifs is 1. The SMILES string of the molecule is c1ccc2c(c1)nc(C1CCNCC1)n2CCN1CCOCC1. The van der Waals surface area contributed by atoms with Gasteiger partial charge in [0, 0.05) is 32.1 Å². The Morgan fingerprint density at radius 1 is 1.09 bits per heavy atom. The smallest absolute Gasteiger partial charge is 0.113 e. The van der Waals surface area contributed by atoms with Gasteiger partial charge in [-0.1, -0.05) is 12.1 Å². The van der Waals surface area contributed by atoms with E-state index >= 15 is 0 Å². The van der Waals surface area contributed by atoms with Crippen LogP contribution >= 0.6 is 0 Å². The van der Waals surface area contributed by atoms with Gasteiger partial charge in [-0.2, -0.15) is 0 Å². The lowest BCUT2D eigenvalue weighted by Crippen LogP contribution is -2.38. The van der Waals surface area contributed by atoms with Crippen molar-refractivity contribution in [3.63, 3.8) is 0 Å². The maximum atomic E-state index is 5.46. The number of nitrogens with one attached hydrogen (secondary N) is 1. The van der Waals surface area contributed by atoms with Gasteiger partial charge in [-0.15, -0.1) is 0 Å². The first kappa shape index (κ1) is 15.1. The van der Waals surface area contributed by atoms with Crippen molar-refractivity contribution >= 4 is 11.0 Å². The van der Waals surface area contributed by atoms with E-state index in [4.69, 9.17) is 9.72 Å². The second-order valence-electron chi connectivity index (χ2n) is 6.59. The third kappa shape index (κ3) is 3.27. The Morgan fingerprint density at radius 3 is 2.70 bits per heavy atom. The third-order valence-electron chi connectivity index (χ3n) is 5.13. The number of imidazole rings is 1. The summed E-state index contributed by atoms with van der Waals surface area (Å²) in [6, 6.07) is 8.58. The predicted octanol–water partition coefficient (Wildman–Crippen LogP) is 1.84. The van der Waals surface area contributed by atoms with Crippen molar-refractivity contribution in [3.8, 4) is 0 Å². The zero-order valence-corrected chi connectivity index (χ0v) is 13.7. The Balaban J connectivity index is 1.59. The number of hydrogen-bond acceptors (Lipinski definition) is 4. The maximum absolute atomic E-state index is 5.46. The van der Waals surface area contributed by atoms with Crippen LogP contribution in [0.4, 0.5) is 0 Å². The van der Waals surface area contributed by atoms with Crippen LogP contribution in [0.2, 0.25) is 0 Å². The van der Waals surface area contributed by atoms with E-state index in [1.807, 2.05) is 0 Å². The summed E-state index contributed by atoms with van der Waals surface area (Å²) >= 11 is 0. The number of benzene rings is 1. The van der Waals surface area contributed by atoms with E-state index in [-0.39, 0.29) is 0 Å². The molecule has 1 aromatic heterocycles. The van der Waals surface area contributed by atoms with Gasteiger partial charge >= 0.3 is 0 Å². The Hall–Kier alpha value is -1.43. The van der Waals surface area contributed by atoms with E-state index < -0.39 is 0 Å². The van der Waals surface area contributed by atoms with Crippen molar-refractivity contribution in [1.29, 1.82) is 0 Å². The molecule has 0 unspecified atom stereocenters. The van der Waals surface area contributed by atoms with Crippen molar-refractivity contribution in [2.24, 2.45) is 0 Å². The van der Waals surface area contributed by atoms with Crippen molar-refractivity contribution in [3.05, 3.63) is 30.1 Å². The molecule has 0 bridgehead atoms. The fourth-order valence-electron chi connectivity index (χ4n) is 3.79. The summed E-state index contributed by atoms with van der Waals surface area (Å²) < 4.78 is 7.93. The zero-order valence-electron chi connectivity index (χ0n) is 13.7. The van der Waals surface area contributed by atoms with E-state index in [0.29, 0.717) is 5.92 Å². The van der Waals surface area contributed by atoms with Crippen molar-refractivity contribution in [2.45, 2.75) is 25.3 Å². The Bertz CT molecular complexity index is 642. The van der Waals surface area contributed by atoms with Gasteiger partial charge in [-0.3, -0.25) is 4.90 Å². The Labute approximate surface area is 137 Å². The minimum Gasteiger partial charge on any atom is -0.379 e. The highest BCUT2D eigenvalue weighted by molar-refractivity contribution is 5.76. The molecule has 1 N–H and O–H groups in total. The molecular formula is C18H26N4O. The molecule has 2 aliphatic rings. The van der Waals surface area contributed by atoms with Gasteiger partial charge in [-0.25, -0.2) is 4.98 Å². The highest BCUT2D eigenvalue weighted by Crippen LogP contribution is 2.28. The first-order valence-electron chi connectivity index (χ1n) is 8.88. The van der Waals surface area contributed by atoms with Gasteiger partial charge in [0.1, 0.15) is 5.82 Å². The minimum atomic E-state index is 0.591. The molecule has 5 heteroatoms. The van der Waals surface area contributed by atoms with Crippen LogP contribution < -0.4 is 5.32 Å². The molecule has 124 valence electrons. The lowest BCUT2D eigenvalue weighted by Gasteiger charge is -2.28. The van der Waals surface area contributed by atoms with Gasteiger partial charge in [0.15, 0.2) is 0 Å². The molecule has 2 fully saturated rings. The summed E-state index contributed by atoms with van der Waals surface area (Å²) in [4.78, 5) is 7.50. The fourth-order valence-corrected chi connectivity index (χ4v) is 3.79. The second kappa shape index (κ2) is 6.99. The topological polar surface area (TPSA) is 42.3 Å². The van der Waals surface area contributed by atoms with Crippen LogP contribution in [0.15, 0.2) is 24.3 Å². The molecule has 23 heavy (non-hydrogen) atoms. The van der Waals surface area contributed by atoms with Gasteiger partial charge in [0.25, 0.3) is 0 Å². The number of hydrogen-bond donors (Lipinski definition) is 1. The summed E-state index contributed by atoms with van der Waals surface area (Å²) in [6.07, 6.45) is 2.39. The molecule has 0 saturated carbocycles. The van der Waals surface area contributed by atoms with E-state index in [1.54, 1.807) is 0 Å². The lowest BCUT2D eigenvalue weighted by atomic mass is 9.97. The highest BCUT2D eigenvalue weighted by Gasteiger charge is 2.22. The molecule has 0 aliphatic carbocycles. The number of rotatable bonds is 4. The molecule has 2 aliphatic heterocycles. The molecule has 0 spiro atoms. The molecule has 0 amide bonds. The van der Waals surface area contributed by atoms with Gasteiger partial charge in [0.05, 0.1) is 24.2 Å². The van der Waals surface area contributed by atoms with Crippen molar-refractivity contribution in [2.75, 3.05) is 45.9 Å². The predicted molar refractivity (Wildman–Crippen MR) is 91.8 cm³/mol. The summed E-state index contributed by atoms with van der Waals surface area (Å²) in [5.74, 6) is 1.88. The van der Waals surface area contributed by atoms with Crippen molar-refractivity contribution in [1.82, 2.24) is 19.8 Å². The molecule has 0 atom stereocenters. The molecule has 3 heterocycles. The number of piperidine rings is 1. The largest absolute Gasteiger partial charge is 0.379 e. The lowest BCUT2D eigenvalue weighted by molar-refractivity contribution is 0.0364. The third-order valence-corrected chi connectivity index (χ3v) is 5.13. The van der Waals surface area contributed by atoms with Crippen LogP contribution in [-0.4, -0.2) is 60.4 Å². The van der Waals surface area contributed by atoms with Gasteiger partial charge < -0.3 is 14.6 Å². The number of ether oxygens (including phenoxy) is 1. The quantitative estimate of drug-likeness (QED) is 0.935. The summed E-state index contributed by atoms with van der Waals surface area (Å²) in [6.45, 7) is 8.17. The standard InChI is InChI=1S/C18H26N4O/c1-2-4-17-16(3-1)20-18(15-5-7-19-8-6-15)22(17)10-9-21-11-13-23-14-12-21/h1-4,15,19H,5-14H2. The Kier molecular flexibility index (Phi) is 4.60. The molecule has 1 aromatic carbocycles. The van der Waals surface area contributed by atoms with Crippen molar-refractivity contribution < 1.29 is 4.74 Å². The van der Waals surface area contributed by atoms with Crippen LogP contribution in [0.5, 0.6) is 0 Å². The normalized spacial score (nSPS) is 21.0. The average Bonchev–Trinajstić information content (AvgIpc) is 3.00. The molecule has 2 saturated heterocycles. The molecular weight excluding hydrogens is 288 g/mol. The number of nitrogens with zero attached hydrogens (tertiary/aromatic N) is 3. The zero-order chi connectivity index (χ0) is 15.5. The average molecular weight is 314 g/mol. The molecule has 2 aromatic rings. The van der Waals surface area contributed by atoms with Gasteiger partial charge in [-0.05, 0) is 38.1 Å². The monoisotopic (exact) mass is 314 g/mol. The molecule has 5 nitrogen and oxygen atoms in total. The van der Waals surface area contributed by atoms with Crippen LogP contribution in [0.1, 0.15) is 24.6 Å².